The van der Waals surface area contributed by atoms with Gasteiger partial charge in [0.05, 0.1) is 36.9 Å². The van der Waals surface area contributed by atoms with Crippen LogP contribution in [-0.4, -0.2) is 60.0 Å². The Bertz CT molecular complexity index is 795. The van der Waals surface area contributed by atoms with Crippen molar-refractivity contribution in [3.63, 3.8) is 0 Å². The molecule has 7 nitrogen and oxygen atoms in total. The van der Waals surface area contributed by atoms with Gasteiger partial charge in [-0.15, -0.1) is 0 Å². The van der Waals surface area contributed by atoms with E-state index >= 15 is 0 Å². The van der Waals surface area contributed by atoms with Crippen LogP contribution in [0.3, 0.4) is 0 Å². The molecule has 0 aromatic rings. The van der Waals surface area contributed by atoms with Crippen LogP contribution < -0.4 is 5.73 Å². The molecule has 5 atom stereocenters. The Hall–Kier alpha value is -0.000000000000000111. The zero-order valence-electron chi connectivity index (χ0n) is 30.2. The lowest BCUT2D eigenvalue weighted by molar-refractivity contribution is -0.159. The fourth-order valence-electron chi connectivity index (χ4n) is 4.40. The molecule has 0 spiro atoms. The summed E-state index contributed by atoms with van der Waals surface area (Å²) >= 11 is 2.41. The van der Waals surface area contributed by atoms with Gasteiger partial charge in [0, 0.05) is 12.0 Å². The minimum Gasteiger partial charge on any atom is -0.463 e. The molecule has 0 radical (unpaired) electrons. The fraction of sp³-hybridized carbons (Fsp3) is 0.971. The van der Waals surface area contributed by atoms with Crippen LogP contribution in [-0.2, 0) is 28.5 Å². The molecular weight excluding hydrogens is 645 g/mol. The number of alkyl halides is 1. The summed E-state index contributed by atoms with van der Waals surface area (Å²) < 4.78 is 30.0. The standard InChI is InChI=1S/C34H68INO6/c1-24(31(10,11)17-19-38-26(3)36)42-25(2)33(14,15)34(16,35)41-20-18-32(12,13)40-22-21-39-28(37)27(30(7,8)9)23-29(4,5)6/h24-27H,17-23,36H2,1-16H3. The number of hydrogen-bond donors (Lipinski definition) is 1. The highest BCUT2D eigenvalue weighted by Crippen LogP contribution is 2.45. The number of carbonyl (C=O) groups is 1. The van der Waals surface area contributed by atoms with E-state index in [2.05, 4.69) is 126 Å². The first-order valence-corrected chi connectivity index (χ1v) is 16.9. The molecule has 252 valence electrons. The van der Waals surface area contributed by atoms with Crippen molar-refractivity contribution in [2.45, 2.75) is 158 Å². The van der Waals surface area contributed by atoms with E-state index in [1.807, 2.05) is 6.92 Å². The van der Waals surface area contributed by atoms with Gasteiger partial charge < -0.3 is 29.4 Å². The van der Waals surface area contributed by atoms with Gasteiger partial charge in [0.25, 0.3) is 0 Å². The van der Waals surface area contributed by atoms with Crippen LogP contribution in [0.2, 0.25) is 0 Å². The Morgan fingerprint density at radius 2 is 1.29 bits per heavy atom. The van der Waals surface area contributed by atoms with Crippen molar-refractivity contribution in [3.8, 4) is 0 Å². The number of carbonyl (C=O) groups excluding carboxylic acids is 1. The molecule has 0 heterocycles. The lowest BCUT2D eigenvalue weighted by atomic mass is 9.72. The molecule has 5 unspecified atom stereocenters. The molecule has 0 bridgehead atoms. The van der Waals surface area contributed by atoms with Gasteiger partial charge in [-0.25, -0.2) is 0 Å². The fourth-order valence-corrected chi connectivity index (χ4v) is 5.06. The smallest absolute Gasteiger partial charge is 0.309 e. The summed E-state index contributed by atoms with van der Waals surface area (Å²) in [6, 6.07) is 0. The first-order chi connectivity index (χ1) is 18.6. The highest BCUT2D eigenvalue weighted by atomic mass is 127. The highest BCUT2D eigenvalue weighted by Gasteiger charge is 2.46. The predicted molar refractivity (Wildman–Crippen MR) is 183 cm³/mol. The second kappa shape index (κ2) is 16.5. The summed E-state index contributed by atoms with van der Waals surface area (Å²) in [5.41, 5.74) is 4.89. The van der Waals surface area contributed by atoms with Gasteiger partial charge in [-0.05, 0) is 99.6 Å². The third-order valence-corrected chi connectivity index (χ3v) is 10.5. The Kier molecular flexibility index (Phi) is 16.5. The number of ether oxygens (including phenoxy) is 5. The second-order valence-corrected chi connectivity index (χ2v) is 18.5. The number of rotatable bonds is 19. The molecule has 0 saturated carbocycles. The SMILES string of the molecule is CC(N)OCCC(C)(C)C(C)OC(C)C(C)(C)C(C)(I)OCCC(C)(C)OCCOC(=O)C(CC(C)(C)C)C(C)(C)C. The monoisotopic (exact) mass is 713 g/mol. The van der Waals surface area contributed by atoms with Gasteiger partial charge >= 0.3 is 5.97 Å². The summed E-state index contributed by atoms with van der Waals surface area (Å²) in [7, 11) is 0. The van der Waals surface area contributed by atoms with E-state index < -0.39 is 9.21 Å². The Morgan fingerprint density at radius 3 is 1.76 bits per heavy atom. The molecule has 0 saturated heterocycles. The van der Waals surface area contributed by atoms with E-state index in [1.165, 1.54) is 0 Å². The molecule has 2 N–H and O–H groups in total. The average molecular weight is 714 g/mol. The maximum atomic E-state index is 12.9. The van der Waals surface area contributed by atoms with Crippen LogP contribution in [0.25, 0.3) is 0 Å². The first kappa shape index (κ1) is 42.0. The number of nitrogens with two attached hydrogens (primary N) is 1. The van der Waals surface area contributed by atoms with Crippen molar-refractivity contribution >= 4 is 28.6 Å². The molecule has 0 fully saturated rings. The van der Waals surface area contributed by atoms with Crippen molar-refractivity contribution < 1.29 is 28.5 Å². The Balaban J connectivity index is 4.87. The first-order valence-electron chi connectivity index (χ1n) is 15.8. The molecule has 0 aliphatic rings. The summed E-state index contributed by atoms with van der Waals surface area (Å²) in [6.45, 7) is 35.7. The molecule has 0 amide bonds. The molecule has 0 aliphatic carbocycles. The topological polar surface area (TPSA) is 89.2 Å². The van der Waals surface area contributed by atoms with Crippen molar-refractivity contribution in [2.24, 2.45) is 33.3 Å². The third kappa shape index (κ3) is 15.3. The van der Waals surface area contributed by atoms with Crippen molar-refractivity contribution in [2.75, 3.05) is 26.4 Å². The number of halogens is 1. The van der Waals surface area contributed by atoms with Crippen molar-refractivity contribution in [3.05, 3.63) is 0 Å². The zero-order chi connectivity index (χ0) is 33.4. The molecule has 0 aromatic carbocycles. The van der Waals surface area contributed by atoms with Gasteiger partial charge in [0.1, 0.15) is 16.4 Å². The summed E-state index contributed by atoms with van der Waals surface area (Å²) in [5, 5.41) is 0. The maximum Gasteiger partial charge on any atom is 0.309 e. The summed E-state index contributed by atoms with van der Waals surface area (Å²) in [4.78, 5) is 12.9. The van der Waals surface area contributed by atoms with Gasteiger partial charge in [-0.3, -0.25) is 4.79 Å². The van der Waals surface area contributed by atoms with E-state index in [4.69, 9.17) is 29.4 Å². The Labute approximate surface area is 273 Å². The van der Waals surface area contributed by atoms with Crippen LogP contribution in [0, 0.1) is 27.6 Å². The van der Waals surface area contributed by atoms with Crippen LogP contribution in [0.4, 0.5) is 0 Å². The van der Waals surface area contributed by atoms with Gasteiger partial charge in [-0.1, -0.05) is 69.2 Å². The van der Waals surface area contributed by atoms with Crippen LogP contribution in [0.1, 0.15) is 130 Å². The van der Waals surface area contributed by atoms with Gasteiger partial charge in [0.2, 0.25) is 0 Å². The molecule has 0 rings (SSSR count). The number of esters is 1. The second-order valence-electron chi connectivity index (χ2n) is 16.4. The average Bonchev–Trinajstić information content (AvgIpc) is 2.78. The van der Waals surface area contributed by atoms with Gasteiger partial charge in [-0.2, -0.15) is 0 Å². The summed E-state index contributed by atoms with van der Waals surface area (Å²) in [5.74, 6) is -0.296. The lowest BCUT2D eigenvalue weighted by Gasteiger charge is -2.46. The molecule has 0 aromatic heterocycles. The number of hydrogen-bond acceptors (Lipinski definition) is 7. The largest absolute Gasteiger partial charge is 0.463 e. The Morgan fingerprint density at radius 1 is 0.738 bits per heavy atom. The minimum absolute atomic E-state index is 0.0317. The zero-order valence-corrected chi connectivity index (χ0v) is 32.3. The van der Waals surface area contributed by atoms with E-state index in [0.29, 0.717) is 26.2 Å². The molecule has 8 heteroatoms. The normalized spacial score (nSPS) is 18.2. The molecule has 42 heavy (non-hydrogen) atoms. The van der Waals surface area contributed by atoms with Gasteiger partial charge in [0.15, 0.2) is 0 Å². The van der Waals surface area contributed by atoms with Crippen LogP contribution in [0.15, 0.2) is 0 Å². The third-order valence-electron chi connectivity index (χ3n) is 8.85. The van der Waals surface area contributed by atoms with Crippen molar-refractivity contribution in [1.29, 1.82) is 0 Å². The minimum atomic E-state index is -0.466. The van der Waals surface area contributed by atoms with Crippen molar-refractivity contribution in [1.82, 2.24) is 0 Å². The van der Waals surface area contributed by atoms with E-state index in [0.717, 1.165) is 12.8 Å². The van der Waals surface area contributed by atoms with E-state index in [1.54, 1.807) is 0 Å². The maximum absolute atomic E-state index is 12.9. The van der Waals surface area contributed by atoms with Crippen LogP contribution in [0.5, 0.6) is 0 Å². The predicted octanol–water partition coefficient (Wildman–Crippen LogP) is 8.54. The van der Waals surface area contributed by atoms with Crippen LogP contribution >= 0.6 is 22.6 Å². The highest BCUT2D eigenvalue weighted by molar-refractivity contribution is 14.1. The van der Waals surface area contributed by atoms with E-state index in [-0.39, 0.29) is 58.6 Å². The lowest BCUT2D eigenvalue weighted by Crippen LogP contribution is -2.49. The molecular formula is C34H68INO6. The van der Waals surface area contributed by atoms with E-state index in [9.17, 15) is 4.79 Å². The summed E-state index contributed by atoms with van der Waals surface area (Å²) in [6.07, 6.45) is 2.09. The molecule has 0 aliphatic heterocycles. The quantitative estimate of drug-likeness (QED) is 0.0472.